The van der Waals surface area contributed by atoms with Crippen molar-refractivity contribution in [1.82, 2.24) is 14.5 Å². The standard InChI is InChI=1S/C42H25N3O.Pt/c1-2-11-28(12-3-1)29-20-22-30(23-21-29)35-26-32(42-44-37-17-5-7-19-40(37)46-42)27-39-41(35)34-15-4-6-18-38(34)45(39)33-14-10-13-31(25-33)36-16-8-9-24-43-36;/h1-24,26H;/q-2;+2. The Labute approximate surface area is 286 Å². The molecule has 0 radical (unpaired) electrons. The van der Waals surface area contributed by atoms with E-state index in [4.69, 9.17) is 9.40 Å². The summed E-state index contributed by atoms with van der Waals surface area (Å²) in [5.74, 6) is 0.535. The van der Waals surface area contributed by atoms with Crippen LogP contribution in [0.4, 0.5) is 0 Å². The Hall–Kier alpha value is -5.57. The Bertz CT molecular complexity index is 2480. The average molecular weight is 783 g/mol. The van der Waals surface area contributed by atoms with E-state index in [1.807, 2.05) is 60.8 Å². The summed E-state index contributed by atoms with van der Waals surface area (Å²) in [4.78, 5) is 9.45. The summed E-state index contributed by atoms with van der Waals surface area (Å²) in [6.45, 7) is 0. The molecule has 5 heteroatoms. The van der Waals surface area contributed by atoms with Gasteiger partial charge in [-0.25, -0.2) is 0 Å². The van der Waals surface area contributed by atoms with Gasteiger partial charge in [0.2, 0.25) is 0 Å². The Morgan fingerprint density at radius 2 is 1.34 bits per heavy atom. The number of hydrogen-bond acceptors (Lipinski definition) is 3. The van der Waals surface area contributed by atoms with Crippen LogP contribution in [0.25, 0.3) is 83.6 Å². The molecule has 0 atom stereocenters. The molecule has 0 amide bonds. The molecule has 3 aromatic heterocycles. The predicted octanol–water partition coefficient (Wildman–Crippen LogP) is 10.6. The van der Waals surface area contributed by atoms with Gasteiger partial charge in [-0.1, -0.05) is 114 Å². The number of benzene rings is 6. The second-order valence-electron chi connectivity index (χ2n) is 11.3. The van der Waals surface area contributed by atoms with Crippen LogP contribution in [0.2, 0.25) is 0 Å². The first-order valence-corrected chi connectivity index (χ1v) is 15.3. The molecular formula is C42H25N3OPt. The van der Waals surface area contributed by atoms with Crippen LogP contribution >= 0.6 is 0 Å². The number of oxazole rings is 1. The van der Waals surface area contributed by atoms with Crippen LogP contribution in [0.15, 0.2) is 156 Å². The first kappa shape index (κ1) is 28.9. The van der Waals surface area contributed by atoms with Crippen molar-refractivity contribution in [2.45, 2.75) is 0 Å². The zero-order valence-electron chi connectivity index (χ0n) is 25.0. The van der Waals surface area contributed by atoms with Crippen LogP contribution in [0.1, 0.15) is 0 Å². The number of para-hydroxylation sites is 3. The molecule has 0 saturated carbocycles. The zero-order chi connectivity index (χ0) is 30.5. The van der Waals surface area contributed by atoms with Crippen molar-refractivity contribution in [2.24, 2.45) is 0 Å². The number of pyridine rings is 1. The van der Waals surface area contributed by atoms with Gasteiger partial charge in [-0.05, 0) is 63.2 Å². The summed E-state index contributed by atoms with van der Waals surface area (Å²) in [6.07, 6.45) is 1.81. The maximum Gasteiger partial charge on any atom is 2.00 e. The third kappa shape index (κ3) is 5.08. The Kier molecular flexibility index (Phi) is 7.36. The van der Waals surface area contributed by atoms with Crippen LogP contribution in [0.5, 0.6) is 0 Å². The number of rotatable bonds is 5. The predicted molar refractivity (Wildman–Crippen MR) is 186 cm³/mol. The minimum absolute atomic E-state index is 0. The Morgan fingerprint density at radius 1 is 0.596 bits per heavy atom. The summed E-state index contributed by atoms with van der Waals surface area (Å²) >= 11 is 0. The third-order valence-electron chi connectivity index (χ3n) is 8.47. The molecule has 0 aliphatic carbocycles. The number of hydrogen-bond donors (Lipinski definition) is 0. The quantitative estimate of drug-likeness (QED) is 0.163. The second kappa shape index (κ2) is 12.0. The Morgan fingerprint density at radius 3 is 2.17 bits per heavy atom. The van der Waals surface area contributed by atoms with Crippen molar-refractivity contribution in [1.29, 1.82) is 0 Å². The molecule has 9 rings (SSSR count). The monoisotopic (exact) mass is 782 g/mol. The van der Waals surface area contributed by atoms with Crippen molar-refractivity contribution in [3.05, 3.63) is 164 Å². The number of nitrogens with zero attached hydrogens (tertiary/aromatic N) is 3. The molecule has 0 fully saturated rings. The number of fused-ring (bicyclic) bond motifs is 4. The summed E-state index contributed by atoms with van der Waals surface area (Å²) in [6, 6.07) is 57.3. The molecule has 3 heterocycles. The van der Waals surface area contributed by atoms with Gasteiger partial charge in [0, 0.05) is 11.7 Å². The molecule has 4 nitrogen and oxygen atoms in total. The molecule has 224 valence electrons. The number of aromatic nitrogens is 3. The average Bonchev–Trinajstić information content (AvgIpc) is 3.72. The van der Waals surface area contributed by atoms with Crippen molar-refractivity contribution >= 4 is 32.9 Å². The summed E-state index contributed by atoms with van der Waals surface area (Å²) in [5.41, 5.74) is 11.6. The molecule has 9 aromatic rings. The first-order valence-electron chi connectivity index (χ1n) is 15.3. The first-order chi connectivity index (χ1) is 22.8. The van der Waals surface area contributed by atoms with Crippen LogP contribution in [-0.4, -0.2) is 14.5 Å². The summed E-state index contributed by atoms with van der Waals surface area (Å²) in [5, 5.41) is 2.25. The van der Waals surface area contributed by atoms with E-state index in [1.165, 1.54) is 11.1 Å². The van der Waals surface area contributed by atoms with Gasteiger partial charge in [0.1, 0.15) is 11.5 Å². The van der Waals surface area contributed by atoms with Gasteiger partial charge in [-0.2, -0.15) is 0 Å². The Balaban J connectivity index is 0.00000324. The molecule has 0 aliphatic rings. The minimum Gasteiger partial charge on any atom is -0.481 e. The van der Waals surface area contributed by atoms with Gasteiger partial charge in [0.25, 0.3) is 0 Å². The van der Waals surface area contributed by atoms with Gasteiger partial charge in [-0.3, -0.25) is 4.98 Å². The van der Waals surface area contributed by atoms with E-state index in [0.717, 1.165) is 66.5 Å². The normalized spacial score (nSPS) is 11.2. The SMILES string of the molecule is [Pt+2].[c-]1c(-c2ccccn2)cccc1-n1c2[c-]c(-c3nc4ccccc4o3)cc(-c3ccc(-c4ccccc4)cc3)c2c2ccccc21. The van der Waals surface area contributed by atoms with Crippen LogP contribution < -0.4 is 0 Å². The summed E-state index contributed by atoms with van der Waals surface area (Å²) in [7, 11) is 0. The van der Waals surface area contributed by atoms with Crippen LogP contribution in [-0.2, 0) is 21.1 Å². The third-order valence-corrected chi connectivity index (χ3v) is 8.47. The van der Waals surface area contributed by atoms with E-state index in [0.29, 0.717) is 5.89 Å². The molecular weight excluding hydrogens is 758 g/mol. The van der Waals surface area contributed by atoms with Crippen LogP contribution in [0, 0.1) is 12.1 Å². The molecule has 0 unspecified atom stereocenters. The van der Waals surface area contributed by atoms with Gasteiger partial charge in [0.15, 0.2) is 0 Å². The molecule has 0 bridgehead atoms. The van der Waals surface area contributed by atoms with E-state index in [-0.39, 0.29) is 21.1 Å². The van der Waals surface area contributed by atoms with Crippen molar-refractivity contribution < 1.29 is 25.5 Å². The minimum atomic E-state index is 0. The maximum absolute atomic E-state index is 6.30. The smallest absolute Gasteiger partial charge is 0.481 e. The fourth-order valence-corrected chi connectivity index (χ4v) is 6.32. The van der Waals surface area contributed by atoms with Crippen molar-refractivity contribution in [3.8, 4) is 50.7 Å². The van der Waals surface area contributed by atoms with Gasteiger partial charge < -0.3 is 14.0 Å². The van der Waals surface area contributed by atoms with E-state index in [1.54, 1.807) is 0 Å². The van der Waals surface area contributed by atoms with Gasteiger partial charge >= 0.3 is 21.1 Å². The largest absolute Gasteiger partial charge is 2.00 e. The van der Waals surface area contributed by atoms with Gasteiger partial charge in [0.05, 0.1) is 5.52 Å². The second-order valence-corrected chi connectivity index (χ2v) is 11.3. The summed E-state index contributed by atoms with van der Waals surface area (Å²) < 4.78 is 8.54. The van der Waals surface area contributed by atoms with Crippen LogP contribution in [0.3, 0.4) is 0 Å². The van der Waals surface area contributed by atoms with E-state index < -0.39 is 0 Å². The maximum atomic E-state index is 6.30. The van der Waals surface area contributed by atoms with E-state index >= 15 is 0 Å². The van der Waals surface area contributed by atoms with E-state index in [2.05, 4.69) is 113 Å². The zero-order valence-corrected chi connectivity index (χ0v) is 27.3. The molecule has 47 heavy (non-hydrogen) atoms. The fraction of sp³-hybridized carbons (Fsp3) is 0. The topological polar surface area (TPSA) is 43.9 Å². The van der Waals surface area contributed by atoms with Gasteiger partial charge in [-0.15, -0.1) is 42.0 Å². The molecule has 0 saturated heterocycles. The molecule has 0 N–H and O–H groups in total. The molecule has 0 aliphatic heterocycles. The van der Waals surface area contributed by atoms with Crippen molar-refractivity contribution in [3.63, 3.8) is 0 Å². The van der Waals surface area contributed by atoms with E-state index in [9.17, 15) is 0 Å². The molecule has 6 aromatic carbocycles. The fourth-order valence-electron chi connectivity index (χ4n) is 6.32. The van der Waals surface area contributed by atoms with Crippen molar-refractivity contribution in [2.75, 3.05) is 0 Å². The molecule has 0 spiro atoms.